The van der Waals surface area contributed by atoms with Crippen molar-refractivity contribution in [1.29, 1.82) is 0 Å². The predicted molar refractivity (Wildman–Crippen MR) is 116 cm³/mol. The van der Waals surface area contributed by atoms with E-state index in [1.807, 2.05) is 6.07 Å². The normalized spacial score (nSPS) is 13.9. The number of methoxy groups -OCH3 is 1. The molecule has 0 bridgehead atoms. The van der Waals surface area contributed by atoms with Crippen molar-refractivity contribution in [1.82, 2.24) is 0 Å². The van der Waals surface area contributed by atoms with E-state index in [2.05, 4.69) is 4.74 Å². The van der Waals surface area contributed by atoms with Crippen molar-refractivity contribution in [2.75, 3.05) is 7.11 Å². The molecule has 0 heterocycles. The highest BCUT2D eigenvalue weighted by atomic mass is 35.5. The average Bonchev–Trinajstić information content (AvgIpc) is 3.09. The van der Waals surface area contributed by atoms with Gasteiger partial charge in [0.1, 0.15) is 18.2 Å². The standard InChI is InChI=1S/C25H18ClFO4/c1-30-25(29)17-5-2-15(3-6-17)14-31-20-7-8-21-18(13-20)12-19(24(21)28)10-16-4-9-22(26)23(27)11-16/h2-11,13H,12,14H2,1H3/b19-10+. The molecule has 0 spiro atoms. The van der Waals surface area contributed by atoms with E-state index in [4.69, 9.17) is 16.3 Å². The maximum Gasteiger partial charge on any atom is 0.337 e. The molecule has 0 aliphatic heterocycles. The fourth-order valence-corrected chi connectivity index (χ4v) is 3.55. The van der Waals surface area contributed by atoms with Gasteiger partial charge in [0.05, 0.1) is 17.7 Å². The maximum atomic E-state index is 13.7. The Hall–Kier alpha value is -3.44. The SMILES string of the molecule is COC(=O)c1ccc(COc2ccc3c(c2)C/C(=C\c2ccc(Cl)c(F)c2)C3=O)cc1. The van der Waals surface area contributed by atoms with Gasteiger partial charge in [-0.15, -0.1) is 0 Å². The van der Waals surface area contributed by atoms with Crippen molar-refractivity contribution in [3.05, 3.63) is 105 Å². The Morgan fingerprint density at radius 2 is 1.87 bits per heavy atom. The molecule has 3 aromatic carbocycles. The molecule has 4 nitrogen and oxygen atoms in total. The molecule has 0 saturated carbocycles. The van der Waals surface area contributed by atoms with Gasteiger partial charge in [-0.2, -0.15) is 0 Å². The van der Waals surface area contributed by atoms with Gasteiger partial charge in [0.25, 0.3) is 0 Å². The lowest BCUT2D eigenvalue weighted by molar-refractivity contribution is 0.0600. The minimum atomic E-state index is -0.519. The zero-order chi connectivity index (χ0) is 22.0. The van der Waals surface area contributed by atoms with Crippen LogP contribution in [0.5, 0.6) is 5.75 Å². The molecule has 4 rings (SSSR count). The molecule has 0 amide bonds. The van der Waals surface area contributed by atoms with Crippen LogP contribution in [-0.4, -0.2) is 18.9 Å². The molecule has 0 atom stereocenters. The Labute approximate surface area is 183 Å². The van der Waals surface area contributed by atoms with Crippen LogP contribution in [-0.2, 0) is 17.8 Å². The summed E-state index contributed by atoms with van der Waals surface area (Å²) < 4.78 is 24.2. The second-order valence-electron chi connectivity index (χ2n) is 7.15. The van der Waals surface area contributed by atoms with Crippen molar-refractivity contribution in [3.8, 4) is 5.75 Å². The quantitative estimate of drug-likeness (QED) is 0.382. The Kier molecular flexibility index (Phi) is 5.87. The third kappa shape index (κ3) is 4.52. The topological polar surface area (TPSA) is 52.6 Å². The van der Waals surface area contributed by atoms with Crippen molar-refractivity contribution in [3.63, 3.8) is 0 Å². The molecule has 0 fully saturated rings. The van der Waals surface area contributed by atoms with Crippen LogP contribution in [0.2, 0.25) is 5.02 Å². The minimum Gasteiger partial charge on any atom is -0.489 e. The zero-order valence-electron chi connectivity index (χ0n) is 16.7. The minimum absolute atomic E-state index is 0.0462. The number of fused-ring (bicyclic) bond motifs is 1. The van der Waals surface area contributed by atoms with Gasteiger partial charge in [-0.25, -0.2) is 9.18 Å². The van der Waals surface area contributed by atoms with Gasteiger partial charge in [-0.05, 0) is 65.2 Å². The molecular weight excluding hydrogens is 419 g/mol. The first-order chi connectivity index (χ1) is 14.9. The van der Waals surface area contributed by atoms with Crippen LogP contribution in [0, 0.1) is 5.82 Å². The smallest absolute Gasteiger partial charge is 0.337 e. The molecule has 6 heteroatoms. The number of Topliss-reactive ketones (excluding diaryl/α,β-unsaturated/α-hetero) is 1. The van der Waals surface area contributed by atoms with Crippen LogP contribution in [0.1, 0.15) is 37.4 Å². The van der Waals surface area contributed by atoms with Gasteiger partial charge in [0.15, 0.2) is 5.78 Å². The van der Waals surface area contributed by atoms with Gasteiger partial charge in [0, 0.05) is 17.6 Å². The lowest BCUT2D eigenvalue weighted by Gasteiger charge is -2.08. The molecule has 0 N–H and O–H groups in total. The molecule has 3 aromatic rings. The Bertz CT molecular complexity index is 1200. The van der Waals surface area contributed by atoms with Gasteiger partial charge < -0.3 is 9.47 Å². The maximum absolute atomic E-state index is 13.7. The largest absolute Gasteiger partial charge is 0.489 e. The van der Waals surface area contributed by atoms with E-state index in [0.29, 0.717) is 41.0 Å². The van der Waals surface area contributed by atoms with Crippen molar-refractivity contribution in [2.24, 2.45) is 0 Å². The second kappa shape index (κ2) is 8.74. The van der Waals surface area contributed by atoms with E-state index in [0.717, 1.165) is 11.1 Å². The summed E-state index contributed by atoms with van der Waals surface area (Å²) in [7, 11) is 1.34. The Balaban J connectivity index is 1.46. The van der Waals surface area contributed by atoms with Gasteiger partial charge in [-0.1, -0.05) is 29.8 Å². The first-order valence-corrected chi connectivity index (χ1v) is 9.95. The van der Waals surface area contributed by atoms with Gasteiger partial charge >= 0.3 is 5.97 Å². The van der Waals surface area contributed by atoms with Crippen LogP contribution >= 0.6 is 11.6 Å². The molecule has 0 unspecified atom stereocenters. The second-order valence-corrected chi connectivity index (χ2v) is 7.55. The number of hydrogen-bond acceptors (Lipinski definition) is 4. The van der Waals surface area contributed by atoms with E-state index >= 15 is 0 Å². The van der Waals surface area contributed by atoms with Crippen LogP contribution < -0.4 is 4.74 Å². The number of benzene rings is 3. The highest BCUT2D eigenvalue weighted by Crippen LogP contribution is 2.31. The van der Waals surface area contributed by atoms with Gasteiger partial charge in [0.2, 0.25) is 0 Å². The monoisotopic (exact) mass is 436 g/mol. The fourth-order valence-electron chi connectivity index (χ4n) is 3.43. The molecular formula is C25H18ClFO4. The molecule has 0 saturated heterocycles. The number of esters is 1. The summed E-state index contributed by atoms with van der Waals surface area (Å²) in [5.41, 5.74) is 4.04. The Morgan fingerprint density at radius 3 is 2.58 bits per heavy atom. The number of hydrogen-bond donors (Lipinski definition) is 0. The van der Waals surface area contributed by atoms with Crippen LogP contribution in [0.15, 0.2) is 66.2 Å². The lowest BCUT2D eigenvalue weighted by atomic mass is 10.1. The van der Waals surface area contributed by atoms with Crippen LogP contribution in [0.25, 0.3) is 6.08 Å². The number of carbonyl (C=O) groups excluding carboxylic acids is 2. The summed E-state index contributed by atoms with van der Waals surface area (Å²) in [6, 6.07) is 16.8. The zero-order valence-corrected chi connectivity index (χ0v) is 17.4. The number of carbonyl (C=O) groups is 2. The van der Waals surface area contributed by atoms with E-state index < -0.39 is 5.82 Å². The molecule has 1 aliphatic carbocycles. The highest BCUT2D eigenvalue weighted by Gasteiger charge is 2.25. The fraction of sp³-hybridized carbons (Fsp3) is 0.120. The number of halogens is 2. The first kappa shape index (κ1) is 20.8. The van der Waals surface area contributed by atoms with E-state index in [1.54, 1.807) is 48.5 Å². The molecule has 0 aromatic heterocycles. The van der Waals surface area contributed by atoms with Crippen molar-refractivity contribution in [2.45, 2.75) is 13.0 Å². The first-order valence-electron chi connectivity index (χ1n) is 9.58. The number of ketones is 1. The summed E-state index contributed by atoms with van der Waals surface area (Å²) in [5, 5.41) is 0.0462. The van der Waals surface area contributed by atoms with Crippen LogP contribution in [0.4, 0.5) is 4.39 Å². The molecule has 31 heavy (non-hydrogen) atoms. The summed E-state index contributed by atoms with van der Waals surface area (Å²) in [4.78, 5) is 24.2. The summed E-state index contributed by atoms with van der Waals surface area (Å²) >= 11 is 5.72. The average molecular weight is 437 g/mol. The summed E-state index contributed by atoms with van der Waals surface area (Å²) in [6.45, 7) is 0.320. The Morgan fingerprint density at radius 1 is 1.10 bits per heavy atom. The number of allylic oxidation sites excluding steroid dienone is 1. The van der Waals surface area contributed by atoms with Crippen molar-refractivity contribution >= 4 is 29.4 Å². The molecule has 156 valence electrons. The highest BCUT2D eigenvalue weighted by molar-refractivity contribution is 6.30. The van der Waals surface area contributed by atoms with E-state index in [-0.39, 0.29) is 16.8 Å². The third-order valence-electron chi connectivity index (χ3n) is 5.06. The third-order valence-corrected chi connectivity index (χ3v) is 5.37. The molecule has 1 aliphatic rings. The summed E-state index contributed by atoms with van der Waals surface area (Å²) in [6.07, 6.45) is 2.13. The molecule has 0 radical (unpaired) electrons. The van der Waals surface area contributed by atoms with E-state index in [9.17, 15) is 14.0 Å². The van der Waals surface area contributed by atoms with Gasteiger partial charge in [-0.3, -0.25) is 4.79 Å². The number of ether oxygens (including phenoxy) is 2. The lowest BCUT2D eigenvalue weighted by Crippen LogP contribution is -2.02. The van der Waals surface area contributed by atoms with E-state index in [1.165, 1.54) is 19.2 Å². The van der Waals surface area contributed by atoms with Crippen molar-refractivity contribution < 1.29 is 23.5 Å². The van der Waals surface area contributed by atoms with Crippen LogP contribution in [0.3, 0.4) is 0 Å². The number of rotatable bonds is 5. The predicted octanol–water partition coefficient (Wildman–Crippen LogP) is 5.67. The summed E-state index contributed by atoms with van der Waals surface area (Å²) in [5.74, 6) is -0.340.